The Kier molecular flexibility index (Phi) is 4.62. The average molecular weight is 420 g/mol. The van der Waals surface area contributed by atoms with E-state index in [1.165, 1.54) is 12.8 Å². The zero-order valence-electron chi connectivity index (χ0n) is 17.3. The van der Waals surface area contributed by atoms with Crippen molar-refractivity contribution < 1.29 is 4.79 Å². The largest absolute Gasteiger partial charge is 0.335 e. The van der Waals surface area contributed by atoms with Gasteiger partial charge in [-0.15, -0.1) is 0 Å². The zero-order valence-corrected chi connectivity index (χ0v) is 18.1. The Labute approximate surface area is 180 Å². The van der Waals surface area contributed by atoms with Crippen molar-refractivity contribution in [2.45, 2.75) is 45.6 Å². The second-order valence-electron chi connectivity index (χ2n) is 8.68. The van der Waals surface area contributed by atoms with Crippen molar-refractivity contribution in [1.29, 1.82) is 0 Å². The maximum atomic E-state index is 13.3. The summed E-state index contributed by atoms with van der Waals surface area (Å²) in [6.45, 7) is 4.86. The first-order valence-corrected chi connectivity index (χ1v) is 11.0. The third kappa shape index (κ3) is 3.39. The van der Waals surface area contributed by atoms with E-state index in [2.05, 4.69) is 4.98 Å². The summed E-state index contributed by atoms with van der Waals surface area (Å²) in [6.07, 6.45) is 4.63. The number of amides is 1. The lowest BCUT2D eigenvalue weighted by atomic mass is 10.1. The molecule has 6 heteroatoms. The van der Waals surface area contributed by atoms with Crippen molar-refractivity contribution in [3.05, 3.63) is 68.2 Å². The molecule has 1 N–H and O–H groups in total. The summed E-state index contributed by atoms with van der Waals surface area (Å²) in [5.74, 6) is 0.718. The molecule has 154 valence electrons. The van der Waals surface area contributed by atoms with Crippen molar-refractivity contribution in [1.82, 2.24) is 14.5 Å². The van der Waals surface area contributed by atoms with Crippen LogP contribution in [-0.4, -0.2) is 32.9 Å². The van der Waals surface area contributed by atoms with Gasteiger partial charge in [0.25, 0.3) is 11.5 Å². The van der Waals surface area contributed by atoms with Gasteiger partial charge in [-0.1, -0.05) is 12.1 Å². The molecule has 30 heavy (non-hydrogen) atoms. The molecule has 0 saturated heterocycles. The Morgan fingerprint density at radius 2 is 1.93 bits per heavy atom. The van der Waals surface area contributed by atoms with Gasteiger partial charge in [0, 0.05) is 18.2 Å². The van der Waals surface area contributed by atoms with Crippen molar-refractivity contribution in [3.63, 3.8) is 0 Å². The Bertz CT molecular complexity index is 1280. The fraction of sp³-hybridized carbons (Fsp3) is 0.375. The molecule has 1 aromatic heterocycles. The predicted octanol–water partition coefficient (Wildman–Crippen LogP) is 4.68. The summed E-state index contributed by atoms with van der Waals surface area (Å²) in [5.41, 5.74) is 3.96. The highest BCUT2D eigenvalue weighted by atomic mass is 32.1. The van der Waals surface area contributed by atoms with E-state index < -0.39 is 0 Å². The molecule has 1 amide bonds. The molecule has 2 aliphatic carbocycles. The molecule has 0 aliphatic heterocycles. The first kappa shape index (κ1) is 19.2. The van der Waals surface area contributed by atoms with Gasteiger partial charge in [0.05, 0.1) is 16.6 Å². The Morgan fingerprint density at radius 3 is 2.63 bits per heavy atom. The quantitative estimate of drug-likeness (QED) is 0.611. The molecular weight excluding hydrogens is 394 g/mol. The lowest BCUT2D eigenvalue weighted by Gasteiger charge is -2.22. The zero-order chi connectivity index (χ0) is 21.0. The maximum Gasteiger partial charge on any atom is 0.266 e. The third-order valence-electron chi connectivity index (χ3n) is 6.36. The van der Waals surface area contributed by atoms with E-state index in [9.17, 15) is 9.59 Å². The number of hydrogen-bond donors (Lipinski definition) is 1. The van der Waals surface area contributed by atoms with Gasteiger partial charge in [0.1, 0.15) is 0 Å². The fourth-order valence-corrected chi connectivity index (χ4v) is 4.37. The Hall–Kier alpha value is -2.73. The summed E-state index contributed by atoms with van der Waals surface area (Å²) >= 11 is 5.54. The summed E-state index contributed by atoms with van der Waals surface area (Å²) < 4.78 is 1.88. The first-order chi connectivity index (χ1) is 14.4. The molecular formula is C24H25N3O2S. The number of H-pyrrole nitrogens is 1. The van der Waals surface area contributed by atoms with Crippen LogP contribution in [0.15, 0.2) is 41.2 Å². The number of aromatic nitrogens is 2. The fourth-order valence-electron chi connectivity index (χ4n) is 4.08. The van der Waals surface area contributed by atoms with Crippen LogP contribution in [0.1, 0.15) is 47.2 Å². The second-order valence-corrected chi connectivity index (χ2v) is 9.07. The highest BCUT2D eigenvalue weighted by molar-refractivity contribution is 7.71. The van der Waals surface area contributed by atoms with Crippen LogP contribution in [0.3, 0.4) is 0 Å². The van der Waals surface area contributed by atoms with Gasteiger partial charge in [-0.3, -0.25) is 14.2 Å². The molecule has 3 aromatic rings. The molecule has 5 nitrogen and oxygen atoms in total. The van der Waals surface area contributed by atoms with E-state index in [4.69, 9.17) is 12.2 Å². The van der Waals surface area contributed by atoms with Gasteiger partial charge < -0.3 is 9.88 Å². The lowest BCUT2D eigenvalue weighted by Crippen LogP contribution is -2.35. The van der Waals surface area contributed by atoms with Crippen LogP contribution in [0.4, 0.5) is 0 Å². The molecule has 2 saturated carbocycles. The van der Waals surface area contributed by atoms with Crippen molar-refractivity contribution >= 4 is 29.0 Å². The van der Waals surface area contributed by atoms with Gasteiger partial charge in [-0.2, -0.15) is 0 Å². The number of nitrogens with zero attached hydrogens (tertiary/aromatic N) is 2. The predicted molar refractivity (Wildman–Crippen MR) is 121 cm³/mol. The van der Waals surface area contributed by atoms with Gasteiger partial charge in [0.15, 0.2) is 4.77 Å². The monoisotopic (exact) mass is 419 g/mol. The first-order valence-electron chi connectivity index (χ1n) is 10.6. The third-order valence-corrected chi connectivity index (χ3v) is 6.65. The van der Waals surface area contributed by atoms with Crippen LogP contribution < -0.4 is 5.56 Å². The topological polar surface area (TPSA) is 58.1 Å². The van der Waals surface area contributed by atoms with E-state index in [0.29, 0.717) is 33.2 Å². The number of carbonyl (C=O) groups is 1. The molecule has 0 spiro atoms. The van der Waals surface area contributed by atoms with Gasteiger partial charge in [-0.25, -0.2) is 0 Å². The normalized spacial score (nSPS) is 16.1. The smallest absolute Gasteiger partial charge is 0.266 e. The van der Waals surface area contributed by atoms with E-state index in [1.807, 2.05) is 36.9 Å². The van der Waals surface area contributed by atoms with E-state index in [0.717, 1.165) is 36.2 Å². The summed E-state index contributed by atoms with van der Waals surface area (Å²) in [6, 6.07) is 11.5. The molecule has 2 fully saturated rings. The van der Waals surface area contributed by atoms with Crippen LogP contribution in [0.2, 0.25) is 0 Å². The standard InChI is InChI=1S/C24H25N3O2S/c1-14-4-3-5-21(15(14)2)27-23(29)19-11-8-17(12-20(19)25-24(27)30)22(28)26(18-9-10-18)13-16-6-7-16/h3-5,8,11-12,16,18H,6-7,9-10,13H2,1-2H3,(H,25,30). The van der Waals surface area contributed by atoms with Crippen LogP contribution in [0, 0.1) is 24.5 Å². The molecule has 0 bridgehead atoms. The minimum absolute atomic E-state index is 0.0596. The SMILES string of the molecule is Cc1cccc(-n2c(=S)[nH]c3cc(C(=O)N(CC4CC4)C4CC4)ccc3c2=O)c1C. The van der Waals surface area contributed by atoms with E-state index in [-0.39, 0.29) is 11.5 Å². The highest BCUT2D eigenvalue weighted by Gasteiger charge is 2.36. The van der Waals surface area contributed by atoms with Crippen LogP contribution >= 0.6 is 12.2 Å². The van der Waals surface area contributed by atoms with Gasteiger partial charge >= 0.3 is 0 Å². The number of rotatable bonds is 5. The number of aryl methyl sites for hydroxylation is 1. The van der Waals surface area contributed by atoms with Crippen LogP contribution in [-0.2, 0) is 0 Å². The van der Waals surface area contributed by atoms with Crippen LogP contribution in [0.5, 0.6) is 0 Å². The van der Waals surface area contributed by atoms with Crippen LogP contribution in [0.25, 0.3) is 16.6 Å². The summed E-state index contributed by atoms with van der Waals surface area (Å²) in [5, 5.41) is 0.529. The van der Waals surface area contributed by atoms with Gasteiger partial charge in [0.2, 0.25) is 0 Å². The molecule has 5 rings (SSSR count). The van der Waals surface area contributed by atoms with Crippen molar-refractivity contribution in [2.24, 2.45) is 5.92 Å². The number of hydrogen-bond acceptors (Lipinski definition) is 3. The van der Waals surface area contributed by atoms with Crippen molar-refractivity contribution in [3.8, 4) is 5.69 Å². The molecule has 0 unspecified atom stereocenters. The second kappa shape index (κ2) is 7.20. The Balaban J connectivity index is 1.58. The number of fused-ring (bicyclic) bond motifs is 1. The van der Waals surface area contributed by atoms with Crippen molar-refractivity contribution in [2.75, 3.05) is 6.54 Å². The minimum atomic E-state index is -0.168. The summed E-state index contributed by atoms with van der Waals surface area (Å²) in [4.78, 5) is 31.7. The Morgan fingerprint density at radius 1 is 1.17 bits per heavy atom. The minimum Gasteiger partial charge on any atom is -0.335 e. The van der Waals surface area contributed by atoms with Gasteiger partial charge in [-0.05, 0) is 93.1 Å². The molecule has 2 aliphatic rings. The molecule has 0 atom stereocenters. The number of nitrogens with one attached hydrogen (secondary N) is 1. The lowest BCUT2D eigenvalue weighted by molar-refractivity contribution is 0.0735. The van der Waals surface area contributed by atoms with E-state index >= 15 is 0 Å². The number of carbonyl (C=O) groups excluding carboxylic acids is 1. The molecule has 0 radical (unpaired) electrons. The maximum absolute atomic E-state index is 13.3. The molecule has 1 heterocycles. The average Bonchev–Trinajstić information content (AvgIpc) is 3.62. The number of benzene rings is 2. The highest BCUT2D eigenvalue weighted by Crippen LogP contribution is 2.35. The molecule has 2 aromatic carbocycles. The van der Waals surface area contributed by atoms with E-state index in [1.54, 1.807) is 22.8 Å². The summed E-state index contributed by atoms with van der Waals surface area (Å²) in [7, 11) is 0. The number of aromatic amines is 1.